The molecule has 1 aromatic heterocycles. The molecule has 17 heavy (non-hydrogen) atoms. The minimum absolute atomic E-state index is 0.429. The van der Waals surface area contributed by atoms with Crippen molar-refractivity contribution < 1.29 is 0 Å². The number of nitrogens with one attached hydrogen (secondary N) is 1. The van der Waals surface area contributed by atoms with Crippen molar-refractivity contribution in [3.05, 3.63) is 47.2 Å². The lowest BCUT2D eigenvalue weighted by atomic mass is 10.1. The van der Waals surface area contributed by atoms with Crippen molar-refractivity contribution in [2.45, 2.75) is 6.04 Å². The van der Waals surface area contributed by atoms with Crippen molar-refractivity contribution in [2.75, 3.05) is 5.32 Å². The number of hydrogen-bond donors (Lipinski definition) is 1. The van der Waals surface area contributed by atoms with E-state index in [2.05, 4.69) is 16.5 Å². The standard InChI is InChI=1S/C12H11ClN4/c1-17-8-9(7-15-17)12(6-14)16-11-4-2-3-10(13)5-11/h2-5,7-8,12,16H,1H3. The summed E-state index contributed by atoms with van der Waals surface area (Å²) >= 11 is 5.88. The lowest BCUT2D eigenvalue weighted by molar-refractivity contribution is 0.766. The van der Waals surface area contributed by atoms with Crippen molar-refractivity contribution in [3.8, 4) is 6.07 Å². The van der Waals surface area contributed by atoms with Gasteiger partial charge in [-0.2, -0.15) is 10.4 Å². The summed E-state index contributed by atoms with van der Waals surface area (Å²) < 4.78 is 1.67. The molecule has 0 aliphatic rings. The van der Waals surface area contributed by atoms with E-state index in [1.165, 1.54) is 0 Å². The topological polar surface area (TPSA) is 53.6 Å². The first-order chi connectivity index (χ1) is 8.19. The summed E-state index contributed by atoms with van der Waals surface area (Å²) in [5, 5.41) is 16.9. The Kier molecular flexibility index (Phi) is 3.31. The van der Waals surface area contributed by atoms with Gasteiger partial charge in [0.15, 0.2) is 0 Å². The first kappa shape index (κ1) is 11.5. The molecule has 0 aliphatic carbocycles. The Morgan fingerprint density at radius 1 is 1.53 bits per heavy atom. The van der Waals surface area contributed by atoms with Gasteiger partial charge >= 0.3 is 0 Å². The second kappa shape index (κ2) is 4.89. The summed E-state index contributed by atoms with van der Waals surface area (Å²) in [6, 6.07) is 9.04. The molecule has 1 aromatic carbocycles. The number of aryl methyl sites for hydroxylation is 1. The third kappa shape index (κ3) is 2.77. The molecule has 86 valence electrons. The molecule has 2 rings (SSSR count). The second-order valence-corrected chi connectivity index (χ2v) is 4.10. The highest BCUT2D eigenvalue weighted by atomic mass is 35.5. The minimum atomic E-state index is -0.429. The largest absolute Gasteiger partial charge is 0.366 e. The highest BCUT2D eigenvalue weighted by Crippen LogP contribution is 2.21. The normalized spacial score (nSPS) is 11.8. The Morgan fingerprint density at radius 2 is 2.35 bits per heavy atom. The van der Waals surface area contributed by atoms with Crippen LogP contribution in [0.15, 0.2) is 36.7 Å². The van der Waals surface area contributed by atoms with Gasteiger partial charge < -0.3 is 5.32 Å². The molecular formula is C12H11ClN4. The van der Waals surface area contributed by atoms with Crippen molar-refractivity contribution in [2.24, 2.45) is 7.05 Å². The predicted octanol–water partition coefficient (Wildman–Crippen LogP) is 2.75. The summed E-state index contributed by atoms with van der Waals surface area (Å²) in [4.78, 5) is 0. The molecule has 4 nitrogen and oxygen atoms in total. The molecule has 0 amide bonds. The van der Waals surface area contributed by atoms with Gasteiger partial charge in [-0.05, 0) is 18.2 Å². The van der Waals surface area contributed by atoms with E-state index in [0.717, 1.165) is 11.3 Å². The van der Waals surface area contributed by atoms with Crippen LogP contribution in [0.4, 0.5) is 5.69 Å². The minimum Gasteiger partial charge on any atom is -0.366 e. The van der Waals surface area contributed by atoms with E-state index in [4.69, 9.17) is 16.9 Å². The lowest BCUT2D eigenvalue weighted by Gasteiger charge is -2.11. The molecule has 2 aromatic rings. The number of hydrogen-bond acceptors (Lipinski definition) is 3. The fraction of sp³-hybridized carbons (Fsp3) is 0.167. The van der Waals surface area contributed by atoms with Crippen molar-refractivity contribution in [1.82, 2.24) is 9.78 Å². The molecule has 1 heterocycles. The highest BCUT2D eigenvalue weighted by Gasteiger charge is 2.11. The van der Waals surface area contributed by atoms with E-state index in [1.807, 2.05) is 25.4 Å². The molecule has 1 atom stereocenters. The van der Waals surface area contributed by atoms with Crippen LogP contribution in [-0.2, 0) is 7.05 Å². The summed E-state index contributed by atoms with van der Waals surface area (Å²) in [6.07, 6.45) is 3.48. The zero-order valence-electron chi connectivity index (χ0n) is 9.26. The van der Waals surface area contributed by atoms with Gasteiger partial charge in [0, 0.05) is 29.5 Å². The summed E-state index contributed by atoms with van der Waals surface area (Å²) in [5.74, 6) is 0. The van der Waals surface area contributed by atoms with Gasteiger partial charge in [0.25, 0.3) is 0 Å². The molecule has 1 N–H and O–H groups in total. The smallest absolute Gasteiger partial charge is 0.143 e. The average molecular weight is 247 g/mol. The molecule has 0 fully saturated rings. The maximum Gasteiger partial charge on any atom is 0.143 e. The zero-order chi connectivity index (χ0) is 12.3. The average Bonchev–Trinajstić information content (AvgIpc) is 2.73. The van der Waals surface area contributed by atoms with Crippen molar-refractivity contribution >= 4 is 17.3 Å². The van der Waals surface area contributed by atoms with E-state index in [1.54, 1.807) is 23.0 Å². The van der Waals surface area contributed by atoms with E-state index in [-0.39, 0.29) is 0 Å². The maximum atomic E-state index is 9.14. The van der Waals surface area contributed by atoms with E-state index < -0.39 is 6.04 Å². The first-order valence-corrected chi connectivity index (χ1v) is 5.47. The number of benzene rings is 1. The maximum absolute atomic E-state index is 9.14. The molecule has 5 heteroatoms. The van der Waals surface area contributed by atoms with E-state index >= 15 is 0 Å². The monoisotopic (exact) mass is 246 g/mol. The van der Waals surface area contributed by atoms with Gasteiger partial charge in [0.05, 0.1) is 12.3 Å². The number of aromatic nitrogens is 2. The number of nitrogens with zero attached hydrogens (tertiary/aromatic N) is 3. The first-order valence-electron chi connectivity index (χ1n) is 5.09. The fourth-order valence-corrected chi connectivity index (χ4v) is 1.71. The Balaban J connectivity index is 2.19. The van der Waals surface area contributed by atoms with Crippen LogP contribution in [0.3, 0.4) is 0 Å². The number of nitriles is 1. The predicted molar refractivity (Wildman–Crippen MR) is 66.6 cm³/mol. The van der Waals surface area contributed by atoms with Gasteiger partial charge in [-0.15, -0.1) is 0 Å². The van der Waals surface area contributed by atoms with Crippen LogP contribution < -0.4 is 5.32 Å². The van der Waals surface area contributed by atoms with Crippen molar-refractivity contribution in [1.29, 1.82) is 5.26 Å². The summed E-state index contributed by atoms with van der Waals surface area (Å²) in [5.41, 5.74) is 1.64. The van der Waals surface area contributed by atoms with Crippen LogP contribution in [0.5, 0.6) is 0 Å². The van der Waals surface area contributed by atoms with Crippen LogP contribution >= 0.6 is 11.6 Å². The third-order valence-corrected chi connectivity index (χ3v) is 2.56. The van der Waals surface area contributed by atoms with Gasteiger partial charge in [-0.25, -0.2) is 0 Å². The number of rotatable bonds is 3. The van der Waals surface area contributed by atoms with Gasteiger partial charge in [-0.1, -0.05) is 17.7 Å². The van der Waals surface area contributed by atoms with Crippen LogP contribution in [0.2, 0.25) is 5.02 Å². The SMILES string of the molecule is Cn1cc(C(C#N)Nc2cccc(Cl)c2)cn1. The number of halogens is 1. The zero-order valence-corrected chi connectivity index (χ0v) is 10.0. The van der Waals surface area contributed by atoms with Crippen LogP contribution in [-0.4, -0.2) is 9.78 Å². The van der Waals surface area contributed by atoms with Crippen LogP contribution in [0.25, 0.3) is 0 Å². The van der Waals surface area contributed by atoms with Crippen LogP contribution in [0.1, 0.15) is 11.6 Å². The Bertz CT molecular complexity index is 556. The number of anilines is 1. The Hall–Kier alpha value is -1.99. The van der Waals surface area contributed by atoms with E-state index in [9.17, 15) is 0 Å². The summed E-state index contributed by atoms with van der Waals surface area (Å²) in [7, 11) is 1.82. The Labute approximate surface area is 104 Å². The van der Waals surface area contributed by atoms with Crippen LogP contribution in [0, 0.1) is 11.3 Å². The second-order valence-electron chi connectivity index (χ2n) is 3.66. The molecule has 0 aliphatic heterocycles. The molecular weight excluding hydrogens is 236 g/mol. The molecule has 0 bridgehead atoms. The quantitative estimate of drug-likeness (QED) is 0.906. The van der Waals surface area contributed by atoms with Crippen molar-refractivity contribution in [3.63, 3.8) is 0 Å². The van der Waals surface area contributed by atoms with Gasteiger partial charge in [0.2, 0.25) is 0 Å². The Morgan fingerprint density at radius 3 is 2.94 bits per heavy atom. The third-order valence-electron chi connectivity index (χ3n) is 2.32. The fourth-order valence-electron chi connectivity index (χ4n) is 1.52. The van der Waals surface area contributed by atoms with E-state index in [0.29, 0.717) is 5.02 Å². The molecule has 0 spiro atoms. The molecule has 0 saturated heterocycles. The summed E-state index contributed by atoms with van der Waals surface area (Å²) in [6.45, 7) is 0. The lowest BCUT2D eigenvalue weighted by Crippen LogP contribution is -2.07. The van der Waals surface area contributed by atoms with Gasteiger partial charge in [0.1, 0.15) is 6.04 Å². The molecule has 0 radical (unpaired) electrons. The molecule has 1 unspecified atom stereocenters. The molecule has 0 saturated carbocycles. The highest BCUT2D eigenvalue weighted by molar-refractivity contribution is 6.30. The van der Waals surface area contributed by atoms with Gasteiger partial charge in [-0.3, -0.25) is 4.68 Å².